The van der Waals surface area contributed by atoms with Gasteiger partial charge in [-0.3, -0.25) is 4.90 Å². The summed E-state index contributed by atoms with van der Waals surface area (Å²) in [5, 5.41) is 3.55. The average molecular weight is 270 g/mol. The number of hydrogen-bond donors (Lipinski definition) is 1. The van der Waals surface area contributed by atoms with Gasteiger partial charge in [-0.25, -0.2) is 0 Å². The number of unbranched alkanes of at least 4 members (excludes halogenated alkanes) is 2. The molecule has 0 aromatic carbocycles. The van der Waals surface area contributed by atoms with Crippen molar-refractivity contribution in [1.29, 1.82) is 0 Å². The van der Waals surface area contributed by atoms with Gasteiger partial charge in [0.1, 0.15) is 0 Å². The van der Waals surface area contributed by atoms with Gasteiger partial charge in [0, 0.05) is 18.6 Å². The lowest BCUT2D eigenvalue weighted by Crippen LogP contribution is -2.51. The van der Waals surface area contributed by atoms with E-state index in [4.69, 9.17) is 4.74 Å². The molecule has 0 radical (unpaired) electrons. The summed E-state index contributed by atoms with van der Waals surface area (Å²) in [5.74, 6) is 0. The fourth-order valence-corrected chi connectivity index (χ4v) is 2.86. The Morgan fingerprint density at radius 3 is 2.47 bits per heavy atom. The first kappa shape index (κ1) is 16.9. The quantitative estimate of drug-likeness (QED) is 0.751. The Morgan fingerprint density at radius 2 is 1.89 bits per heavy atom. The van der Waals surface area contributed by atoms with E-state index < -0.39 is 0 Å². The highest BCUT2D eigenvalue weighted by Gasteiger charge is 2.30. The van der Waals surface area contributed by atoms with Crippen molar-refractivity contribution in [2.45, 2.75) is 78.0 Å². The standard InChI is InChI=1S/C16H34N2O/c1-14-12-18(13-16(5,6)19-14)11-9-7-8-10-17-15(2,3)4/h14,17H,7-13H2,1-6H3. The fourth-order valence-electron chi connectivity index (χ4n) is 2.86. The second-order valence-electron chi connectivity index (χ2n) is 7.66. The molecule has 1 unspecified atom stereocenters. The number of rotatable bonds is 6. The number of ether oxygens (including phenoxy) is 1. The zero-order chi connectivity index (χ0) is 14.5. The summed E-state index contributed by atoms with van der Waals surface area (Å²) < 4.78 is 5.93. The first-order chi connectivity index (χ1) is 8.68. The van der Waals surface area contributed by atoms with Gasteiger partial charge in [0.15, 0.2) is 0 Å². The lowest BCUT2D eigenvalue weighted by atomic mass is 10.0. The molecule has 0 amide bonds. The van der Waals surface area contributed by atoms with Crippen LogP contribution in [0.2, 0.25) is 0 Å². The number of nitrogens with one attached hydrogen (secondary N) is 1. The molecule has 1 aliphatic heterocycles. The van der Waals surface area contributed by atoms with Crippen molar-refractivity contribution in [3.63, 3.8) is 0 Å². The van der Waals surface area contributed by atoms with E-state index in [1.807, 2.05) is 0 Å². The molecule has 3 heteroatoms. The minimum absolute atomic E-state index is 0.0193. The predicted octanol–water partition coefficient (Wildman–Crippen LogP) is 3.04. The van der Waals surface area contributed by atoms with E-state index in [1.165, 1.54) is 25.8 Å². The highest BCUT2D eigenvalue weighted by molar-refractivity contribution is 4.82. The van der Waals surface area contributed by atoms with Crippen LogP contribution in [-0.2, 0) is 4.74 Å². The largest absolute Gasteiger partial charge is 0.370 e. The summed E-state index contributed by atoms with van der Waals surface area (Å²) in [7, 11) is 0. The normalized spacial score (nSPS) is 24.6. The maximum Gasteiger partial charge on any atom is 0.0757 e. The summed E-state index contributed by atoms with van der Waals surface area (Å²) in [6, 6.07) is 0. The SMILES string of the molecule is CC1CN(CCCCCNC(C)(C)C)CC(C)(C)O1. The van der Waals surface area contributed by atoms with Gasteiger partial charge in [0.05, 0.1) is 11.7 Å². The summed E-state index contributed by atoms with van der Waals surface area (Å²) in [6.45, 7) is 17.8. The Labute approximate surface area is 120 Å². The topological polar surface area (TPSA) is 24.5 Å². The van der Waals surface area contributed by atoms with Gasteiger partial charge in [-0.15, -0.1) is 0 Å². The predicted molar refractivity (Wildman–Crippen MR) is 82.7 cm³/mol. The lowest BCUT2D eigenvalue weighted by molar-refractivity contribution is -0.128. The van der Waals surface area contributed by atoms with Crippen LogP contribution in [0.3, 0.4) is 0 Å². The zero-order valence-electron chi connectivity index (χ0n) is 13.9. The van der Waals surface area contributed by atoms with E-state index in [0.29, 0.717) is 6.10 Å². The first-order valence-corrected chi connectivity index (χ1v) is 7.83. The van der Waals surface area contributed by atoms with Crippen molar-refractivity contribution >= 4 is 0 Å². The number of hydrogen-bond acceptors (Lipinski definition) is 3. The van der Waals surface area contributed by atoms with E-state index in [1.54, 1.807) is 0 Å². The molecular weight excluding hydrogens is 236 g/mol. The number of morpholine rings is 1. The molecule has 0 bridgehead atoms. The van der Waals surface area contributed by atoms with Crippen molar-refractivity contribution in [1.82, 2.24) is 10.2 Å². The molecule has 0 aromatic heterocycles. The minimum atomic E-state index is 0.0193. The van der Waals surface area contributed by atoms with Crippen LogP contribution < -0.4 is 5.32 Å². The third kappa shape index (κ3) is 7.91. The van der Waals surface area contributed by atoms with E-state index >= 15 is 0 Å². The molecule has 1 N–H and O–H groups in total. The molecule has 0 spiro atoms. The van der Waals surface area contributed by atoms with Crippen molar-refractivity contribution in [3.05, 3.63) is 0 Å². The van der Waals surface area contributed by atoms with Crippen molar-refractivity contribution < 1.29 is 4.74 Å². The minimum Gasteiger partial charge on any atom is -0.370 e. The Kier molecular flexibility index (Phi) is 6.28. The van der Waals surface area contributed by atoms with Crippen LogP contribution in [0.4, 0.5) is 0 Å². The maximum absolute atomic E-state index is 5.93. The third-order valence-corrected chi connectivity index (χ3v) is 3.45. The molecule has 114 valence electrons. The van der Waals surface area contributed by atoms with Gasteiger partial charge >= 0.3 is 0 Å². The molecule has 1 heterocycles. The van der Waals surface area contributed by atoms with Crippen LogP contribution in [0.1, 0.15) is 60.8 Å². The van der Waals surface area contributed by atoms with Crippen molar-refractivity contribution in [2.75, 3.05) is 26.2 Å². The molecule has 19 heavy (non-hydrogen) atoms. The van der Waals surface area contributed by atoms with Crippen LogP contribution >= 0.6 is 0 Å². The lowest BCUT2D eigenvalue weighted by Gasteiger charge is -2.41. The maximum atomic E-state index is 5.93. The van der Waals surface area contributed by atoms with Crippen molar-refractivity contribution in [3.8, 4) is 0 Å². The van der Waals surface area contributed by atoms with Crippen LogP contribution in [0, 0.1) is 0 Å². The second kappa shape index (κ2) is 7.05. The summed E-state index contributed by atoms with van der Waals surface area (Å²) in [6.07, 6.45) is 4.26. The van der Waals surface area contributed by atoms with Gasteiger partial charge < -0.3 is 10.1 Å². The molecule has 1 atom stereocenters. The molecule has 0 saturated carbocycles. The van der Waals surface area contributed by atoms with Crippen LogP contribution in [0.15, 0.2) is 0 Å². The molecule has 1 saturated heterocycles. The Bertz CT molecular complexity index is 258. The van der Waals surface area contributed by atoms with Gasteiger partial charge in [0.25, 0.3) is 0 Å². The van der Waals surface area contributed by atoms with Gasteiger partial charge in [-0.05, 0) is 67.5 Å². The van der Waals surface area contributed by atoms with Gasteiger partial charge in [-0.2, -0.15) is 0 Å². The van der Waals surface area contributed by atoms with Crippen molar-refractivity contribution in [2.24, 2.45) is 0 Å². The molecule has 0 aliphatic carbocycles. The van der Waals surface area contributed by atoms with Crippen LogP contribution in [0.5, 0.6) is 0 Å². The second-order valence-corrected chi connectivity index (χ2v) is 7.66. The van der Waals surface area contributed by atoms with E-state index in [0.717, 1.165) is 19.6 Å². The highest BCUT2D eigenvalue weighted by Crippen LogP contribution is 2.20. The average Bonchev–Trinajstić information content (AvgIpc) is 2.18. The zero-order valence-corrected chi connectivity index (χ0v) is 13.9. The van der Waals surface area contributed by atoms with Crippen LogP contribution in [0.25, 0.3) is 0 Å². The smallest absolute Gasteiger partial charge is 0.0757 e. The molecular formula is C16H34N2O. The Balaban J connectivity index is 2.09. The molecule has 1 rings (SSSR count). The summed E-state index contributed by atoms with van der Waals surface area (Å²) >= 11 is 0. The third-order valence-electron chi connectivity index (χ3n) is 3.45. The summed E-state index contributed by atoms with van der Waals surface area (Å²) in [4.78, 5) is 2.56. The van der Waals surface area contributed by atoms with E-state index in [9.17, 15) is 0 Å². The molecule has 0 aromatic rings. The Hall–Kier alpha value is -0.120. The van der Waals surface area contributed by atoms with Gasteiger partial charge in [0.2, 0.25) is 0 Å². The first-order valence-electron chi connectivity index (χ1n) is 7.83. The summed E-state index contributed by atoms with van der Waals surface area (Å²) in [5.41, 5.74) is 0.273. The number of nitrogens with zero attached hydrogens (tertiary/aromatic N) is 1. The van der Waals surface area contributed by atoms with Crippen LogP contribution in [-0.4, -0.2) is 48.3 Å². The highest BCUT2D eigenvalue weighted by atomic mass is 16.5. The van der Waals surface area contributed by atoms with E-state index in [2.05, 4.69) is 51.8 Å². The Morgan fingerprint density at radius 1 is 1.21 bits per heavy atom. The van der Waals surface area contributed by atoms with Gasteiger partial charge in [-0.1, -0.05) is 6.42 Å². The molecule has 1 fully saturated rings. The molecule has 1 aliphatic rings. The fraction of sp³-hybridized carbons (Fsp3) is 1.00. The van der Waals surface area contributed by atoms with E-state index in [-0.39, 0.29) is 11.1 Å². The monoisotopic (exact) mass is 270 g/mol. The molecule has 3 nitrogen and oxygen atoms in total.